The molecule has 1 heterocycles. The SMILES string of the molecule is CC(=O)C1C(=O)NCC1C.CC(C)C(C)C[N+](=O)[O-]. The first-order valence-electron chi connectivity index (χ1n) is 6.56. The second-order valence-corrected chi connectivity index (χ2v) is 5.55. The minimum absolute atomic E-state index is 0.0255. The molecule has 0 aromatic carbocycles. The molecule has 3 atom stereocenters. The Morgan fingerprint density at radius 1 is 1.47 bits per heavy atom. The second kappa shape index (κ2) is 7.86. The van der Waals surface area contributed by atoms with Crippen molar-refractivity contribution in [3.05, 3.63) is 10.1 Å². The highest BCUT2D eigenvalue weighted by Gasteiger charge is 2.34. The second-order valence-electron chi connectivity index (χ2n) is 5.55. The van der Waals surface area contributed by atoms with E-state index in [9.17, 15) is 19.7 Å². The van der Waals surface area contributed by atoms with Gasteiger partial charge in [-0.2, -0.15) is 0 Å². The number of ketones is 1. The molecule has 1 rings (SSSR count). The van der Waals surface area contributed by atoms with Gasteiger partial charge in [-0.1, -0.05) is 27.7 Å². The Balaban J connectivity index is 0.000000344. The summed E-state index contributed by atoms with van der Waals surface area (Å²) in [6, 6.07) is 0. The molecular formula is C13H24N2O4. The molecule has 1 saturated heterocycles. The lowest BCUT2D eigenvalue weighted by Gasteiger charge is -2.08. The summed E-state index contributed by atoms with van der Waals surface area (Å²) in [5.74, 6) is 0.253. The molecule has 6 nitrogen and oxygen atoms in total. The van der Waals surface area contributed by atoms with E-state index >= 15 is 0 Å². The van der Waals surface area contributed by atoms with E-state index in [0.29, 0.717) is 12.5 Å². The summed E-state index contributed by atoms with van der Waals surface area (Å²) in [7, 11) is 0. The molecule has 1 fully saturated rings. The number of nitrogens with one attached hydrogen (secondary N) is 1. The van der Waals surface area contributed by atoms with Gasteiger partial charge in [-0.15, -0.1) is 0 Å². The molecular weight excluding hydrogens is 248 g/mol. The summed E-state index contributed by atoms with van der Waals surface area (Å²) < 4.78 is 0. The summed E-state index contributed by atoms with van der Waals surface area (Å²) in [6.45, 7) is 9.99. The number of hydrogen-bond donors (Lipinski definition) is 1. The fourth-order valence-corrected chi connectivity index (χ4v) is 1.78. The van der Waals surface area contributed by atoms with Gasteiger partial charge in [0.1, 0.15) is 11.7 Å². The van der Waals surface area contributed by atoms with Gasteiger partial charge in [0.25, 0.3) is 0 Å². The van der Waals surface area contributed by atoms with Crippen molar-refractivity contribution in [3.63, 3.8) is 0 Å². The van der Waals surface area contributed by atoms with Crippen LogP contribution in [0.1, 0.15) is 34.6 Å². The lowest BCUT2D eigenvalue weighted by Crippen LogP contribution is -2.24. The van der Waals surface area contributed by atoms with E-state index in [0.717, 1.165) is 0 Å². The summed E-state index contributed by atoms with van der Waals surface area (Å²) in [4.78, 5) is 31.4. The van der Waals surface area contributed by atoms with Gasteiger partial charge >= 0.3 is 0 Å². The van der Waals surface area contributed by atoms with Gasteiger partial charge in [0, 0.05) is 17.4 Å². The molecule has 0 saturated carbocycles. The molecule has 0 aliphatic carbocycles. The van der Waals surface area contributed by atoms with Crippen LogP contribution in [0, 0.1) is 33.8 Å². The number of carbonyl (C=O) groups is 2. The molecule has 0 radical (unpaired) electrons. The number of Topliss-reactive ketones (excluding diaryl/α,β-unsaturated/α-hetero) is 1. The third-order valence-electron chi connectivity index (χ3n) is 3.46. The first-order chi connectivity index (χ1) is 8.66. The quantitative estimate of drug-likeness (QED) is 0.477. The van der Waals surface area contributed by atoms with Crippen LogP contribution in [-0.2, 0) is 9.59 Å². The Morgan fingerprint density at radius 3 is 2.16 bits per heavy atom. The lowest BCUT2D eigenvalue weighted by molar-refractivity contribution is -0.488. The van der Waals surface area contributed by atoms with Gasteiger partial charge in [0.15, 0.2) is 0 Å². The summed E-state index contributed by atoms with van der Waals surface area (Å²) in [6.07, 6.45) is 0. The third kappa shape index (κ3) is 6.31. The third-order valence-corrected chi connectivity index (χ3v) is 3.46. The lowest BCUT2D eigenvalue weighted by atomic mass is 9.94. The summed E-state index contributed by atoms with van der Waals surface area (Å²) >= 11 is 0. The van der Waals surface area contributed by atoms with Crippen LogP contribution in [0.2, 0.25) is 0 Å². The van der Waals surface area contributed by atoms with Crippen LogP contribution in [-0.4, -0.2) is 29.7 Å². The Kier molecular flexibility index (Phi) is 7.26. The number of nitrogens with zero attached hydrogens (tertiary/aromatic N) is 1. The number of hydrogen-bond acceptors (Lipinski definition) is 4. The fourth-order valence-electron chi connectivity index (χ4n) is 1.78. The molecule has 1 N–H and O–H groups in total. The molecule has 110 valence electrons. The van der Waals surface area contributed by atoms with E-state index in [2.05, 4.69) is 5.32 Å². The molecule has 0 spiro atoms. The average Bonchev–Trinajstić information content (AvgIpc) is 2.58. The molecule has 1 aliphatic rings. The number of rotatable bonds is 4. The Labute approximate surface area is 114 Å². The topological polar surface area (TPSA) is 89.3 Å². The van der Waals surface area contributed by atoms with E-state index in [-0.39, 0.29) is 40.9 Å². The monoisotopic (exact) mass is 272 g/mol. The van der Waals surface area contributed by atoms with Gasteiger partial charge in [-0.25, -0.2) is 0 Å². The maximum Gasteiger partial charge on any atom is 0.230 e. The van der Waals surface area contributed by atoms with Gasteiger partial charge in [-0.3, -0.25) is 19.7 Å². The maximum atomic E-state index is 10.9. The zero-order valence-corrected chi connectivity index (χ0v) is 12.3. The Morgan fingerprint density at radius 2 is 2.00 bits per heavy atom. The molecule has 3 unspecified atom stereocenters. The summed E-state index contributed by atoms with van der Waals surface area (Å²) in [5.41, 5.74) is 0. The smallest absolute Gasteiger partial charge is 0.230 e. The molecule has 0 aromatic heterocycles. The van der Waals surface area contributed by atoms with Crippen LogP contribution >= 0.6 is 0 Å². The highest BCUT2D eigenvalue weighted by molar-refractivity contribution is 6.01. The number of nitro groups is 1. The molecule has 1 aliphatic heterocycles. The van der Waals surface area contributed by atoms with Crippen molar-refractivity contribution in [2.24, 2.45) is 23.7 Å². The first kappa shape index (κ1) is 17.5. The standard InChI is InChI=1S/C7H11NO2.C6H13NO2/c1-4-3-8-7(10)6(4)5(2)9;1-5(2)6(3)4-7(8)9/h4,6H,3H2,1-2H3,(H,8,10);5-6H,4H2,1-3H3. The van der Waals surface area contributed by atoms with Gasteiger partial charge in [0.05, 0.1) is 0 Å². The van der Waals surface area contributed by atoms with Crippen molar-refractivity contribution in [1.29, 1.82) is 0 Å². The van der Waals surface area contributed by atoms with Crippen molar-refractivity contribution in [1.82, 2.24) is 5.32 Å². The van der Waals surface area contributed by atoms with E-state index in [4.69, 9.17) is 0 Å². The zero-order chi connectivity index (χ0) is 15.2. The van der Waals surface area contributed by atoms with E-state index in [1.54, 1.807) is 0 Å². The van der Waals surface area contributed by atoms with Crippen LogP contribution < -0.4 is 5.32 Å². The molecule has 1 amide bonds. The normalized spacial score (nSPS) is 23.4. The maximum absolute atomic E-state index is 10.9. The van der Waals surface area contributed by atoms with Crippen LogP contribution in [0.15, 0.2) is 0 Å². The van der Waals surface area contributed by atoms with Gasteiger partial charge < -0.3 is 5.32 Å². The minimum Gasteiger partial charge on any atom is -0.355 e. The highest BCUT2D eigenvalue weighted by Crippen LogP contribution is 2.17. The van der Waals surface area contributed by atoms with Crippen LogP contribution in [0.25, 0.3) is 0 Å². The molecule has 0 bridgehead atoms. The average molecular weight is 272 g/mol. The largest absolute Gasteiger partial charge is 0.355 e. The van der Waals surface area contributed by atoms with Crippen LogP contribution in [0.5, 0.6) is 0 Å². The Hall–Kier alpha value is -1.46. The Bertz CT molecular complexity index is 342. The summed E-state index contributed by atoms with van der Waals surface area (Å²) in [5, 5.41) is 12.6. The van der Waals surface area contributed by atoms with Gasteiger partial charge in [-0.05, 0) is 18.8 Å². The predicted octanol–water partition coefficient (Wildman–Crippen LogP) is 1.51. The van der Waals surface area contributed by atoms with E-state index < -0.39 is 0 Å². The van der Waals surface area contributed by atoms with E-state index in [1.165, 1.54) is 6.92 Å². The first-order valence-corrected chi connectivity index (χ1v) is 6.56. The van der Waals surface area contributed by atoms with Gasteiger partial charge in [0.2, 0.25) is 12.5 Å². The fraction of sp³-hybridized carbons (Fsp3) is 0.846. The minimum atomic E-state index is -0.389. The van der Waals surface area contributed by atoms with Crippen molar-refractivity contribution >= 4 is 11.7 Å². The molecule has 0 aromatic rings. The van der Waals surface area contributed by atoms with Crippen LogP contribution in [0.3, 0.4) is 0 Å². The number of amides is 1. The van der Waals surface area contributed by atoms with Crippen molar-refractivity contribution < 1.29 is 14.5 Å². The molecule has 6 heteroatoms. The zero-order valence-electron chi connectivity index (χ0n) is 12.3. The van der Waals surface area contributed by atoms with Crippen LogP contribution in [0.4, 0.5) is 0 Å². The van der Waals surface area contributed by atoms with Crippen molar-refractivity contribution in [2.75, 3.05) is 13.1 Å². The van der Waals surface area contributed by atoms with Crippen molar-refractivity contribution in [3.8, 4) is 0 Å². The molecule has 19 heavy (non-hydrogen) atoms. The highest BCUT2D eigenvalue weighted by atomic mass is 16.6. The number of carbonyl (C=O) groups excluding carboxylic acids is 2. The van der Waals surface area contributed by atoms with Crippen molar-refractivity contribution in [2.45, 2.75) is 34.6 Å². The van der Waals surface area contributed by atoms with E-state index in [1.807, 2.05) is 27.7 Å². The predicted molar refractivity (Wildman–Crippen MR) is 72.2 cm³/mol.